The molecule has 124 valence electrons. The highest BCUT2D eigenvalue weighted by atomic mass is 35.5. The van der Waals surface area contributed by atoms with Crippen molar-refractivity contribution < 1.29 is 21.6 Å². The van der Waals surface area contributed by atoms with E-state index in [-0.39, 0.29) is 20.5 Å². The standard InChI is InChI=1S/C14H10Cl2F3NO2S/c15-10-5-11(16)7-12(6-10)23(21,22)20-8-9-3-1-2-4-13(9)14(17,18)19/h1-7,20H,8H2. The predicted molar refractivity (Wildman–Crippen MR) is 81.9 cm³/mol. The van der Waals surface area contributed by atoms with Crippen LogP contribution in [0.2, 0.25) is 10.0 Å². The number of hydrogen-bond donors (Lipinski definition) is 1. The van der Waals surface area contributed by atoms with Crippen LogP contribution in [-0.2, 0) is 22.7 Å². The molecule has 0 spiro atoms. The molecule has 1 N–H and O–H groups in total. The molecule has 0 saturated carbocycles. The number of alkyl halides is 3. The van der Waals surface area contributed by atoms with E-state index in [1.165, 1.54) is 24.3 Å². The van der Waals surface area contributed by atoms with Crippen LogP contribution >= 0.6 is 23.2 Å². The van der Waals surface area contributed by atoms with E-state index in [9.17, 15) is 21.6 Å². The van der Waals surface area contributed by atoms with Crippen LogP contribution in [0.3, 0.4) is 0 Å². The van der Waals surface area contributed by atoms with Crippen molar-refractivity contribution in [3.8, 4) is 0 Å². The lowest BCUT2D eigenvalue weighted by atomic mass is 10.1. The van der Waals surface area contributed by atoms with E-state index in [1.807, 2.05) is 0 Å². The Kier molecular flexibility index (Phi) is 5.25. The van der Waals surface area contributed by atoms with E-state index >= 15 is 0 Å². The molecule has 0 aliphatic rings. The molecule has 0 radical (unpaired) electrons. The molecular weight excluding hydrogens is 374 g/mol. The molecule has 0 amide bonds. The smallest absolute Gasteiger partial charge is 0.207 e. The average molecular weight is 384 g/mol. The first kappa shape index (κ1) is 18.1. The molecule has 0 aliphatic heterocycles. The molecule has 0 aromatic heterocycles. The van der Waals surface area contributed by atoms with Gasteiger partial charge < -0.3 is 0 Å². The Morgan fingerprint density at radius 3 is 2.13 bits per heavy atom. The Balaban J connectivity index is 2.27. The summed E-state index contributed by atoms with van der Waals surface area (Å²) in [5.41, 5.74) is -1.08. The van der Waals surface area contributed by atoms with Crippen molar-refractivity contribution >= 4 is 33.2 Å². The van der Waals surface area contributed by atoms with Crippen LogP contribution in [0.1, 0.15) is 11.1 Å². The lowest BCUT2D eigenvalue weighted by Crippen LogP contribution is -2.24. The molecule has 0 fully saturated rings. The lowest BCUT2D eigenvalue weighted by molar-refractivity contribution is -0.138. The summed E-state index contributed by atoms with van der Waals surface area (Å²) in [6.45, 7) is -0.512. The Labute approximate surface area is 141 Å². The summed E-state index contributed by atoms with van der Waals surface area (Å²) in [4.78, 5) is -0.223. The second-order valence-electron chi connectivity index (χ2n) is 4.58. The van der Waals surface area contributed by atoms with Gasteiger partial charge in [-0.1, -0.05) is 41.4 Å². The molecule has 0 atom stereocenters. The molecule has 3 nitrogen and oxygen atoms in total. The molecule has 0 saturated heterocycles. The molecule has 0 heterocycles. The third-order valence-corrected chi connectivity index (χ3v) is 4.74. The first-order valence-corrected chi connectivity index (χ1v) is 8.44. The predicted octanol–water partition coefficient (Wildman–Crippen LogP) is 4.49. The molecule has 0 unspecified atom stereocenters. The summed E-state index contributed by atoms with van der Waals surface area (Å²) >= 11 is 11.5. The molecule has 2 aromatic rings. The Morgan fingerprint density at radius 1 is 1.00 bits per heavy atom. The lowest BCUT2D eigenvalue weighted by Gasteiger charge is -2.13. The van der Waals surface area contributed by atoms with Gasteiger partial charge in [0.25, 0.3) is 0 Å². The van der Waals surface area contributed by atoms with Gasteiger partial charge in [0.2, 0.25) is 10.0 Å². The van der Waals surface area contributed by atoms with Crippen molar-refractivity contribution in [1.82, 2.24) is 4.72 Å². The number of halogens is 5. The summed E-state index contributed by atoms with van der Waals surface area (Å²) in [5.74, 6) is 0. The SMILES string of the molecule is O=S(=O)(NCc1ccccc1C(F)(F)F)c1cc(Cl)cc(Cl)c1. The third-order valence-electron chi connectivity index (χ3n) is 2.92. The number of sulfonamides is 1. The first-order valence-electron chi connectivity index (χ1n) is 6.20. The summed E-state index contributed by atoms with van der Waals surface area (Å²) in [6, 6.07) is 8.39. The van der Waals surface area contributed by atoms with Gasteiger partial charge in [0.1, 0.15) is 0 Å². The van der Waals surface area contributed by atoms with Crippen molar-refractivity contribution in [1.29, 1.82) is 0 Å². The normalized spacial score (nSPS) is 12.4. The maximum atomic E-state index is 12.9. The van der Waals surface area contributed by atoms with E-state index in [1.54, 1.807) is 0 Å². The van der Waals surface area contributed by atoms with Crippen molar-refractivity contribution in [2.75, 3.05) is 0 Å². The van der Waals surface area contributed by atoms with Gasteiger partial charge in [-0.15, -0.1) is 0 Å². The molecule has 2 rings (SSSR count). The topological polar surface area (TPSA) is 46.2 Å². The van der Waals surface area contributed by atoms with Crippen LogP contribution in [-0.4, -0.2) is 8.42 Å². The molecule has 0 bridgehead atoms. The van der Waals surface area contributed by atoms with Crippen molar-refractivity contribution in [3.63, 3.8) is 0 Å². The van der Waals surface area contributed by atoms with Crippen molar-refractivity contribution in [2.45, 2.75) is 17.6 Å². The second-order valence-corrected chi connectivity index (χ2v) is 7.22. The quantitative estimate of drug-likeness (QED) is 0.845. The maximum absolute atomic E-state index is 12.9. The van der Waals surface area contributed by atoms with Gasteiger partial charge >= 0.3 is 6.18 Å². The van der Waals surface area contributed by atoms with Crippen molar-refractivity contribution in [2.24, 2.45) is 0 Å². The highest BCUT2D eigenvalue weighted by molar-refractivity contribution is 7.89. The van der Waals surface area contributed by atoms with Crippen LogP contribution in [0.5, 0.6) is 0 Å². The van der Waals surface area contributed by atoms with E-state index in [0.717, 1.165) is 18.2 Å². The highest BCUT2D eigenvalue weighted by Gasteiger charge is 2.33. The maximum Gasteiger partial charge on any atom is 0.416 e. The van der Waals surface area contributed by atoms with E-state index < -0.39 is 28.3 Å². The van der Waals surface area contributed by atoms with Gasteiger partial charge in [-0.2, -0.15) is 13.2 Å². The van der Waals surface area contributed by atoms with Crippen LogP contribution in [0.15, 0.2) is 47.4 Å². The zero-order valence-electron chi connectivity index (χ0n) is 11.4. The molecule has 2 aromatic carbocycles. The number of nitrogens with one attached hydrogen (secondary N) is 1. The summed E-state index contributed by atoms with van der Waals surface area (Å²) < 4.78 is 65.1. The van der Waals surface area contributed by atoms with Gasteiger partial charge in [0.15, 0.2) is 0 Å². The van der Waals surface area contributed by atoms with Crippen LogP contribution in [0.25, 0.3) is 0 Å². The van der Waals surface area contributed by atoms with Gasteiger partial charge in [-0.25, -0.2) is 13.1 Å². The van der Waals surface area contributed by atoms with Gasteiger partial charge in [-0.05, 0) is 29.8 Å². The number of benzene rings is 2. The minimum atomic E-state index is -4.57. The summed E-state index contributed by atoms with van der Waals surface area (Å²) in [5, 5.41) is 0.210. The average Bonchev–Trinajstić information content (AvgIpc) is 2.43. The molecular formula is C14H10Cl2F3NO2S. The first-order chi connectivity index (χ1) is 10.6. The highest BCUT2D eigenvalue weighted by Crippen LogP contribution is 2.32. The Morgan fingerprint density at radius 2 is 1.57 bits per heavy atom. The minimum absolute atomic E-state index is 0.105. The van der Waals surface area contributed by atoms with Gasteiger partial charge in [-0.3, -0.25) is 0 Å². The summed E-state index contributed by atoms with van der Waals surface area (Å²) in [6.07, 6.45) is -4.57. The van der Waals surface area contributed by atoms with E-state index in [4.69, 9.17) is 23.2 Å². The fourth-order valence-corrected chi connectivity index (χ4v) is 3.62. The Hall–Kier alpha value is -1.28. The zero-order chi connectivity index (χ0) is 17.3. The van der Waals surface area contributed by atoms with E-state index in [0.29, 0.717) is 0 Å². The largest absolute Gasteiger partial charge is 0.416 e. The summed E-state index contributed by atoms with van der Waals surface area (Å²) in [7, 11) is -4.05. The fourth-order valence-electron chi connectivity index (χ4n) is 1.89. The number of hydrogen-bond acceptors (Lipinski definition) is 2. The molecule has 23 heavy (non-hydrogen) atoms. The van der Waals surface area contributed by atoms with Crippen LogP contribution in [0, 0.1) is 0 Å². The third kappa shape index (κ3) is 4.60. The van der Waals surface area contributed by atoms with Gasteiger partial charge in [0.05, 0.1) is 10.5 Å². The minimum Gasteiger partial charge on any atom is -0.207 e. The number of rotatable bonds is 4. The molecule has 9 heteroatoms. The molecule has 0 aliphatic carbocycles. The Bertz CT molecular complexity index is 803. The van der Waals surface area contributed by atoms with Crippen LogP contribution < -0.4 is 4.72 Å². The monoisotopic (exact) mass is 383 g/mol. The van der Waals surface area contributed by atoms with E-state index in [2.05, 4.69) is 4.72 Å². The fraction of sp³-hybridized carbons (Fsp3) is 0.143. The second kappa shape index (κ2) is 6.68. The van der Waals surface area contributed by atoms with Gasteiger partial charge in [0, 0.05) is 16.6 Å². The van der Waals surface area contributed by atoms with Crippen LogP contribution in [0.4, 0.5) is 13.2 Å². The zero-order valence-corrected chi connectivity index (χ0v) is 13.7. The van der Waals surface area contributed by atoms with Crippen molar-refractivity contribution in [3.05, 3.63) is 63.6 Å².